The van der Waals surface area contributed by atoms with E-state index in [4.69, 9.17) is 9.47 Å². The zero-order valence-corrected chi connectivity index (χ0v) is 20.2. The van der Waals surface area contributed by atoms with Crippen molar-refractivity contribution in [3.8, 4) is 0 Å². The third kappa shape index (κ3) is 10.1. The number of ether oxygens (including phenoxy) is 2. The highest BCUT2D eigenvalue weighted by atomic mass is 127. The number of piperidine rings is 2. The minimum absolute atomic E-state index is 0.00870. The van der Waals surface area contributed by atoms with Crippen LogP contribution in [0.3, 0.4) is 0 Å². The molecule has 0 spiro atoms. The number of carbonyl (C=O) groups excluding carboxylic acids is 2. The number of nitrogens with zero attached hydrogens (tertiary/aromatic N) is 2. The van der Waals surface area contributed by atoms with Crippen LogP contribution in [0.15, 0.2) is 0 Å². The maximum atomic E-state index is 11.6. The lowest BCUT2D eigenvalue weighted by Crippen LogP contribution is -2.41. The molecule has 2 aliphatic heterocycles. The van der Waals surface area contributed by atoms with Crippen LogP contribution >= 0.6 is 22.6 Å². The van der Waals surface area contributed by atoms with E-state index < -0.39 is 0 Å². The SMILES string of the molecule is CCOC(=O)C1(C)CCN(C)CC1.CCOC(=O)C1CCN(C)CC1.CI. The Balaban J connectivity index is 0.000000460. The number of esters is 2. The Morgan fingerprint density at radius 3 is 1.81 bits per heavy atom. The van der Waals surface area contributed by atoms with E-state index in [-0.39, 0.29) is 23.3 Å². The van der Waals surface area contributed by atoms with E-state index in [0.29, 0.717) is 13.2 Å². The second-order valence-corrected chi connectivity index (χ2v) is 7.41. The molecule has 160 valence electrons. The van der Waals surface area contributed by atoms with Gasteiger partial charge in [0, 0.05) is 0 Å². The average molecular weight is 498 g/mol. The van der Waals surface area contributed by atoms with Crippen LogP contribution in [0.25, 0.3) is 0 Å². The Kier molecular flexibility index (Phi) is 14.3. The van der Waals surface area contributed by atoms with Gasteiger partial charge in [0.25, 0.3) is 0 Å². The Morgan fingerprint density at radius 2 is 1.37 bits per heavy atom. The van der Waals surface area contributed by atoms with Crippen LogP contribution in [0, 0.1) is 11.3 Å². The van der Waals surface area contributed by atoms with Crippen molar-refractivity contribution in [3.05, 3.63) is 0 Å². The van der Waals surface area contributed by atoms with E-state index >= 15 is 0 Å². The van der Waals surface area contributed by atoms with Crippen LogP contribution in [-0.2, 0) is 19.1 Å². The van der Waals surface area contributed by atoms with Crippen molar-refractivity contribution in [2.24, 2.45) is 11.3 Å². The van der Waals surface area contributed by atoms with Crippen molar-refractivity contribution in [3.63, 3.8) is 0 Å². The third-order valence-electron chi connectivity index (χ3n) is 5.20. The lowest BCUT2D eigenvalue weighted by Gasteiger charge is -2.35. The van der Waals surface area contributed by atoms with E-state index in [1.165, 1.54) is 0 Å². The average Bonchev–Trinajstić information content (AvgIpc) is 2.67. The molecule has 0 radical (unpaired) electrons. The summed E-state index contributed by atoms with van der Waals surface area (Å²) >= 11 is 2.15. The molecule has 0 unspecified atom stereocenters. The van der Waals surface area contributed by atoms with Crippen LogP contribution < -0.4 is 0 Å². The fourth-order valence-electron chi connectivity index (χ4n) is 3.13. The lowest BCUT2D eigenvalue weighted by molar-refractivity contribution is -0.157. The highest BCUT2D eigenvalue weighted by Gasteiger charge is 2.37. The van der Waals surface area contributed by atoms with Crippen LogP contribution in [0.5, 0.6) is 0 Å². The van der Waals surface area contributed by atoms with Gasteiger partial charge in [0.05, 0.1) is 24.5 Å². The summed E-state index contributed by atoms with van der Waals surface area (Å²) in [6.07, 6.45) is 3.75. The molecule has 0 aromatic carbocycles. The molecule has 2 rings (SSSR count). The van der Waals surface area contributed by atoms with Gasteiger partial charge in [-0.25, -0.2) is 0 Å². The van der Waals surface area contributed by atoms with Crippen LogP contribution in [0.1, 0.15) is 46.5 Å². The molecular weight excluding hydrogens is 459 g/mol. The van der Waals surface area contributed by atoms with Gasteiger partial charge in [0.2, 0.25) is 0 Å². The van der Waals surface area contributed by atoms with Crippen LogP contribution in [0.2, 0.25) is 0 Å². The van der Waals surface area contributed by atoms with Crippen molar-refractivity contribution in [2.75, 3.05) is 58.4 Å². The minimum Gasteiger partial charge on any atom is -0.466 e. The number of hydrogen-bond donors (Lipinski definition) is 0. The first-order valence-electron chi connectivity index (χ1n) is 9.91. The second kappa shape index (κ2) is 14.6. The van der Waals surface area contributed by atoms with Gasteiger partial charge < -0.3 is 19.3 Å². The van der Waals surface area contributed by atoms with Gasteiger partial charge in [-0.1, -0.05) is 22.6 Å². The standard InChI is InChI=1S/C10H19NO2.C9H17NO2.CH3I/c1-4-13-9(12)10(2)5-7-11(3)8-6-10;1-3-12-9(11)8-4-6-10(2)7-5-8;1-2/h4-8H2,1-3H3;8H,3-7H2,1-2H3;1H3. The number of carbonyl (C=O) groups is 2. The molecule has 0 N–H and O–H groups in total. The Hall–Kier alpha value is -0.410. The highest BCUT2D eigenvalue weighted by Crippen LogP contribution is 2.31. The molecule has 0 atom stereocenters. The highest BCUT2D eigenvalue weighted by molar-refractivity contribution is 14.1. The van der Waals surface area contributed by atoms with Crippen LogP contribution in [0.4, 0.5) is 0 Å². The molecule has 2 heterocycles. The first kappa shape index (κ1) is 26.6. The van der Waals surface area contributed by atoms with Crippen molar-refractivity contribution in [2.45, 2.75) is 46.5 Å². The van der Waals surface area contributed by atoms with Gasteiger partial charge in [-0.2, -0.15) is 0 Å². The molecule has 2 aliphatic rings. The van der Waals surface area contributed by atoms with Gasteiger partial charge in [-0.3, -0.25) is 9.59 Å². The van der Waals surface area contributed by atoms with E-state index in [9.17, 15) is 9.59 Å². The van der Waals surface area contributed by atoms with Crippen LogP contribution in [-0.4, -0.2) is 80.2 Å². The number of rotatable bonds is 4. The summed E-state index contributed by atoms with van der Waals surface area (Å²) in [6.45, 7) is 10.7. The zero-order chi connectivity index (χ0) is 20.9. The summed E-state index contributed by atoms with van der Waals surface area (Å²) in [7, 11) is 4.17. The van der Waals surface area contributed by atoms with E-state index in [0.717, 1.165) is 51.9 Å². The largest absolute Gasteiger partial charge is 0.466 e. The summed E-state index contributed by atoms with van der Waals surface area (Å²) in [4.78, 5) is 29.3. The molecule has 0 aromatic rings. The van der Waals surface area contributed by atoms with E-state index in [1.807, 2.05) is 25.7 Å². The number of hydrogen-bond acceptors (Lipinski definition) is 6. The fourth-order valence-corrected chi connectivity index (χ4v) is 3.13. The monoisotopic (exact) mass is 498 g/mol. The smallest absolute Gasteiger partial charge is 0.311 e. The fraction of sp³-hybridized carbons (Fsp3) is 0.900. The molecule has 2 saturated heterocycles. The molecule has 6 nitrogen and oxygen atoms in total. The normalized spacial score (nSPS) is 20.4. The molecular formula is C20H39IN2O4. The maximum absolute atomic E-state index is 11.6. The van der Waals surface area contributed by atoms with Crippen molar-refractivity contribution in [1.29, 1.82) is 0 Å². The summed E-state index contributed by atoms with van der Waals surface area (Å²) < 4.78 is 10.0. The molecule has 27 heavy (non-hydrogen) atoms. The van der Waals surface area contributed by atoms with Crippen molar-refractivity contribution >= 4 is 34.5 Å². The van der Waals surface area contributed by atoms with E-state index in [2.05, 4.69) is 46.5 Å². The molecule has 0 aromatic heterocycles. The zero-order valence-electron chi connectivity index (χ0n) is 18.1. The van der Waals surface area contributed by atoms with E-state index in [1.54, 1.807) is 0 Å². The first-order chi connectivity index (χ1) is 12.8. The molecule has 2 fully saturated rings. The summed E-state index contributed by atoms with van der Waals surface area (Å²) in [5.41, 5.74) is -0.234. The van der Waals surface area contributed by atoms with Gasteiger partial charge in [0.15, 0.2) is 0 Å². The van der Waals surface area contributed by atoms with Gasteiger partial charge in [-0.05, 0) is 91.7 Å². The first-order valence-corrected chi connectivity index (χ1v) is 12.1. The Morgan fingerprint density at radius 1 is 0.926 bits per heavy atom. The van der Waals surface area contributed by atoms with Gasteiger partial charge in [0.1, 0.15) is 0 Å². The summed E-state index contributed by atoms with van der Waals surface area (Å²) in [5.74, 6) is 0.120. The Labute approximate surface area is 179 Å². The maximum Gasteiger partial charge on any atom is 0.311 e. The lowest BCUT2D eigenvalue weighted by atomic mass is 9.80. The summed E-state index contributed by atoms with van der Waals surface area (Å²) in [6, 6.07) is 0. The van der Waals surface area contributed by atoms with Crippen molar-refractivity contribution in [1.82, 2.24) is 9.80 Å². The van der Waals surface area contributed by atoms with Crippen molar-refractivity contribution < 1.29 is 19.1 Å². The number of alkyl halides is 1. The minimum atomic E-state index is -0.234. The molecule has 0 bridgehead atoms. The third-order valence-corrected chi connectivity index (χ3v) is 5.20. The molecule has 7 heteroatoms. The quantitative estimate of drug-likeness (QED) is 0.337. The summed E-state index contributed by atoms with van der Waals surface area (Å²) in [5, 5.41) is 0. The number of likely N-dealkylation sites (tertiary alicyclic amines) is 2. The Bertz CT molecular complexity index is 418. The second-order valence-electron chi connectivity index (χ2n) is 7.41. The molecule has 0 aliphatic carbocycles. The predicted octanol–water partition coefficient (Wildman–Crippen LogP) is 3.22. The molecule has 0 amide bonds. The number of halogens is 1. The van der Waals surface area contributed by atoms with Gasteiger partial charge in [-0.15, -0.1) is 0 Å². The molecule has 0 saturated carbocycles. The topological polar surface area (TPSA) is 59.1 Å². The predicted molar refractivity (Wildman–Crippen MR) is 118 cm³/mol. The van der Waals surface area contributed by atoms with Gasteiger partial charge >= 0.3 is 11.9 Å².